The number of nitro benzene ring substituents is 1. The van der Waals surface area contributed by atoms with Gasteiger partial charge in [-0.2, -0.15) is 0 Å². The van der Waals surface area contributed by atoms with Crippen molar-refractivity contribution in [1.29, 1.82) is 0 Å². The first-order valence-corrected chi connectivity index (χ1v) is 5.27. The molecule has 0 fully saturated rings. The molecule has 100 valence electrons. The van der Waals surface area contributed by atoms with E-state index in [4.69, 9.17) is 4.52 Å². The minimum Gasteiger partial charge on any atom is -0.370 e. The lowest BCUT2D eigenvalue weighted by atomic mass is 10.2. The van der Waals surface area contributed by atoms with E-state index in [9.17, 15) is 18.9 Å². The lowest BCUT2D eigenvalue weighted by molar-refractivity contribution is -0.384. The number of hydrogen-bond acceptors (Lipinski definition) is 5. The van der Waals surface area contributed by atoms with Crippen LogP contribution in [0.4, 0.5) is 20.2 Å². The largest absolute Gasteiger partial charge is 0.370 e. The van der Waals surface area contributed by atoms with E-state index >= 15 is 0 Å². The molecule has 0 aliphatic heterocycles. The van der Waals surface area contributed by atoms with Gasteiger partial charge in [-0.05, 0) is 13.0 Å². The lowest BCUT2D eigenvalue weighted by Gasteiger charge is -2.06. The standard InChI is InChI=1S/C11H9F2N3O3/c1-6-4-7(19-15-6)5-14-11-9(16(17)18)3-2-8(12)10(11)13/h2-4,14H,5H2,1H3. The molecular weight excluding hydrogens is 260 g/mol. The summed E-state index contributed by atoms with van der Waals surface area (Å²) in [5.74, 6) is -2.11. The average molecular weight is 269 g/mol. The van der Waals surface area contributed by atoms with Gasteiger partial charge in [-0.15, -0.1) is 0 Å². The number of nitro groups is 1. The van der Waals surface area contributed by atoms with Gasteiger partial charge in [0.25, 0.3) is 5.69 Å². The molecule has 0 unspecified atom stereocenters. The highest BCUT2D eigenvalue weighted by molar-refractivity contribution is 5.62. The molecular formula is C11H9F2N3O3. The number of nitrogens with zero attached hydrogens (tertiary/aromatic N) is 2. The van der Waals surface area contributed by atoms with E-state index < -0.39 is 27.9 Å². The Morgan fingerprint density at radius 3 is 2.79 bits per heavy atom. The first-order chi connectivity index (χ1) is 8.99. The van der Waals surface area contributed by atoms with Gasteiger partial charge in [-0.1, -0.05) is 5.16 Å². The van der Waals surface area contributed by atoms with E-state index in [0.717, 1.165) is 6.07 Å². The van der Waals surface area contributed by atoms with Gasteiger partial charge in [0.05, 0.1) is 17.2 Å². The zero-order chi connectivity index (χ0) is 14.0. The molecule has 1 heterocycles. The Hall–Kier alpha value is -2.51. The zero-order valence-corrected chi connectivity index (χ0v) is 9.81. The maximum absolute atomic E-state index is 13.5. The second kappa shape index (κ2) is 5.01. The van der Waals surface area contributed by atoms with Crippen LogP contribution in [0.5, 0.6) is 0 Å². The van der Waals surface area contributed by atoms with Gasteiger partial charge in [0.2, 0.25) is 0 Å². The van der Waals surface area contributed by atoms with Crippen molar-refractivity contribution in [2.75, 3.05) is 5.32 Å². The van der Waals surface area contributed by atoms with E-state index in [1.807, 2.05) is 0 Å². The molecule has 19 heavy (non-hydrogen) atoms. The van der Waals surface area contributed by atoms with Crippen LogP contribution in [0, 0.1) is 28.7 Å². The molecule has 0 aliphatic rings. The van der Waals surface area contributed by atoms with Gasteiger partial charge < -0.3 is 9.84 Å². The molecule has 1 aromatic heterocycles. The van der Waals surface area contributed by atoms with Gasteiger partial charge in [-0.25, -0.2) is 8.78 Å². The number of benzene rings is 1. The second-order valence-electron chi connectivity index (χ2n) is 3.80. The summed E-state index contributed by atoms with van der Waals surface area (Å²) < 4.78 is 31.5. The third-order valence-electron chi connectivity index (χ3n) is 2.39. The van der Waals surface area contributed by atoms with Crippen LogP contribution in [0.1, 0.15) is 11.5 Å². The third kappa shape index (κ3) is 2.67. The van der Waals surface area contributed by atoms with E-state index in [0.29, 0.717) is 17.5 Å². The molecule has 0 spiro atoms. The summed E-state index contributed by atoms with van der Waals surface area (Å²) in [6.07, 6.45) is 0. The smallest absolute Gasteiger partial charge is 0.295 e. The SMILES string of the molecule is Cc1cc(CNc2c([N+](=O)[O-])ccc(F)c2F)on1. The Morgan fingerprint density at radius 1 is 1.47 bits per heavy atom. The predicted molar refractivity (Wildman–Crippen MR) is 61.6 cm³/mol. The van der Waals surface area contributed by atoms with Crippen molar-refractivity contribution in [2.45, 2.75) is 13.5 Å². The molecule has 0 bridgehead atoms. The number of aryl methyl sites for hydroxylation is 1. The molecule has 2 rings (SSSR count). The maximum Gasteiger partial charge on any atom is 0.295 e. The number of hydrogen-bond donors (Lipinski definition) is 1. The first kappa shape index (κ1) is 12.9. The monoisotopic (exact) mass is 269 g/mol. The van der Waals surface area contributed by atoms with Crippen molar-refractivity contribution in [2.24, 2.45) is 0 Å². The van der Waals surface area contributed by atoms with Crippen LogP contribution in [0.3, 0.4) is 0 Å². The van der Waals surface area contributed by atoms with Crippen molar-refractivity contribution in [3.05, 3.63) is 51.4 Å². The highest BCUT2D eigenvalue weighted by atomic mass is 19.2. The van der Waals surface area contributed by atoms with E-state index in [1.54, 1.807) is 13.0 Å². The Kier molecular flexibility index (Phi) is 3.41. The minimum atomic E-state index is -1.30. The Morgan fingerprint density at radius 2 is 2.21 bits per heavy atom. The molecule has 0 saturated heterocycles. The molecule has 0 saturated carbocycles. The highest BCUT2D eigenvalue weighted by Gasteiger charge is 2.21. The Bertz CT molecular complexity index is 628. The minimum absolute atomic E-state index is 0.0396. The highest BCUT2D eigenvalue weighted by Crippen LogP contribution is 2.29. The Balaban J connectivity index is 2.28. The van der Waals surface area contributed by atoms with Crippen LogP contribution in [0.15, 0.2) is 22.7 Å². The van der Waals surface area contributed by atoms with Gasteiger partial charge >= 0.3 is 0 Å². The topological polar surface area (TPSA) is 81.2 Å². The van der Waals surface area contributed by atoms with Crippen LogP contribution in [-0.2, 0) is 6.54 Å². The number of anilines is 1. The number of halogens is 2. The molecule has 0 aliphatic carbocycles. The summed E-state index contributed by atoms with van der Waals surface area (Å²) >= 11 is 0. The summed E-state index contributed by atoms with van der Waals surface area (Å²) in [6.45, 7) is 1.65. The van der Waals surface area contributed by atoms with Crippen LogP contribution in [-0.4, -0.2) is 10.1 Å². The summed E-state index contributed by atoms with van der Waals surface area (Å²) in [5, 5.41) is 16.8. The molecule has 1 aromatic carbocycles. The zero-order valence-electron chi connectivity index (χ0n) is 9.81. The number of aromatic nitrogens is 1. The van der Waals surface area contributed by atoms with Crippen molar-refractivity contribution >= 4 is 11.4 Å². The summed E-state index contributed by atoms with van der Waals surface area (Å²) in [5.41, 5.74) is -0.444. The van der Waals surface area contributed by atoms with Gasteiger partial charge in [-0.3, -0.25) is 10.1 Å². The molecule has 1 N–H and O–H groups in total. The van der Waals surface area contributed by atoms with Crippen molar-refractivity contribution in [3.63, 3.8) is 0 Å². The van der Waals surface area contributed by atoms with E-state index in [2.05, 4.69) is 10.5 Å². The fourth-order valence-corrected chi connectivity index (χ4v) is 1.54. The van der Waals surface area contributed by atoms with Crippen LogP contribution in [0.25, 0.3) is 0 Å². The summed E-state index contributed by atoms with van der Waals surface area (Å²) in [7, 11) is 0. The van der Waals surface area contributed by atoms with Gasteiger partial charge in [0, 0.05) is 12.1 Å². The molecule has 6 nitrogen and oxygen atoms in total. The fraction of sp³-hybridized carbons (Fsp3) is 0.182. The van der Waals surface area contributed by atoms with Gasteiger partial charge in [0.15, 0.2) is 23.1 Å². The fourth-order valence-electron chi connectivity index (χ4n) is 1.54. The molecule has 0 atom stereocenters. The lowest BCUT2D eigenvalue weighted by Crippen LogP contribution is -2.05. The molecule has 0 amide bonds. The number of rotatable bonds is 4. The summed E-state index contributed by atoms with van der Waals surface area (Å²) in [4.78, 5) is 9.95. The van der Waals surface area contributed by atoms with E-state index in [1.165, 1.54) is 0 Å². The van der Waals surface area contributed by atoms with E-state index in [-0.39, 0.29) is 6.54 Å². The first-order valence-electron chi connectivity index (χ1n) is 5.27. The van der Waals surface area contributed by atoms with Crippen molar-refractivity contribution < 1.29 is 18.2 Å². The summed E-state index contributed by atoms with van der Waals surface area (Å²) in [6, 6.07) is 3.18. The van der Waals surface area contributed by atoms with Crippen molar-refractivity contribution in [3.8, 4) is 0 Å². The van der Waals surface area contributed by atoms with Crippen LogP contribution < -0.4 is 5.32 Å². The molecule has 8 heteroatoms. The second-order valence-corrected chi connectivity index (χ2v) is 3.80. The number of nitrogens with one attached hydrogen (secondary N) is 1. The predicted octanol–water partition coefficient (Wildman–Crippen LogP) is 2.78. The van der Waals surface area contributed by atoms with Crippen LogP contribution >= 0.6 is 0 Å². The molecule has 0 radical (unpaired) electrons. The maximum atomic E-state index is 13.5. The normalized spacial score (nSPS) is 10.5. The van der Waals surface area contributed by atoms with Gasteiger partial charge in [0.1, 0.15) is 0 Å². The third-order valence-corrected chi connectivity index (χ3v) is 2.39. The average Bonchev–Trinajstić information content (AvgIpc) is 2.76. The molecule has 2 aromatic rings. The van der Waals surface area contributed by atoms with Crippen LogP contribution in [0.2, 0.25) is 0 Å². The Labute approximate surface area is 106 Å². The van der Waals surface area contributed by atoms with Crippen molar-refractivity contribution in [1.82, 2.24) is 5.16 Å². The quantitative estimate of drug-likeness (QED) is 0.681.